The SMILES string of the molecule is O=C(O)C1CCC(c2n[nH]c(C3CC3)n2)C1. The zero-order chi connectivity index (χ0) is 11.1. The lowest BCUT2D eigenvalue weighted by atomic mass is 10.0. The van der Waals surface area contributed by atoms with Gasteiger partial charge in [0.1, 0.15) is 5.82 Å². The maximum atomic E-state index is 10.9. The number of aromatic nitrogens is 3. The van der Waals surface area contributed by atoms with Crippen LogP contribution < -0.4 is 0 Å². The summed E-state index contributed by atoms with van der Waals surface area (Å²) >= 11 is 0. The van der Waals surface area contributed by atoms with Gasteiger partial charge in [0, 0.05) is 11.8 Å². The molecule has 2 atom stereocenters. The summed E-state index contributed by atoms with van der Waals surface area (Å²) in [4.78, 5) is 15.3. The lowest BCUT2D eigenvalue weighted by Crippen LogP contribution is -2.09. The Morgan fingerprint density at radius 1 is 1.25 bits per heavy atom. The lowest BCUT2D eigenvalue weighted by Gasteiger charge is -2.03. The predicted molar refractivity (Wildman–Crippen MR) is 56.1 cm³/mol. The standard InChI is InChI=1S/C11H15N3O2/c15-11(16)8-4-3-7(5-8)10-12-9(13-14-10)6-1-2-6/h6-8H,1-5H2,(H,15,16)(H,12,13,14). The van der Waals surface area contributed by atoms with Crippen LogP contribution in [0.25, 0.3) is 0 Å². The highest BCUT2D eigenvalue weighted by molar-refractivity contribution is 5.70. The number of carboxylic acids is 1. The van der Waals surface area contributed by atoms with Crippen LogP contribution in [0.15, 0.2) is 0 Å². The molecule has 0 amide bonds. The Labute approximate surface area is 93.3 Å². The molecular weight excluding hydrogens is 206 g/mol. The van der Waals surface area contributed by atoms with Gasteiger partial charge >= 0.3 is 5.97 Å². The van der Waals surface area contributed by atoms with Gasteiger partial charge in [-0.25, -0.2) is 4.98 Å². The predicted octanol–water partition coefficient (Wildman–Crippen LogP) is 1.65. The van der Waals surface area contributed by atoms with Crippen molar-refractivity contribution in [3.63, 3.8) is 0 Å². The van der Waals surface area contributed by atoms with E-state index in [-0.39, 0.29) is 11.8 Å². The van der Waals surface area contributed by atoms with Crippen LogP contribution in [0.1, 0.15) is 55.6 Å². The van der Waals surface area contributed by atoms with Crippen molar-refractivity contribution >= 4 is 5.97 Å². The molecule has 0 spiro atoms. The average molecular weight is 221 g/mol. The molecule has 2 fully saturated rings. The summed E-state index contributed by atoms with van der Waals surface area (Å²) in [5.74, 6) is 1.76. The van der Waals surface area contributed by atoms with Gasteiger partial charge in [-0.15, -0.1) is 0 Å². The first-order valence-electron chi connectivity index (χ1n) is 5.89. The average Bonchev–Trinajstić information content (AvgIpc) is 2.83. The van der Waals surface area contributed by atoms with Gasteiger partial charge in [0.15, 0.2) is 5.82 Å². The van der Waals surface area contributed by atoms with Crippen LogP contribution in [0.3, 0.4) is 0 Å². The summed E-state index contributed by atoms with van der Waals surface area (Å²) in [5.41, 5.74) is 0. The number of aromatic amines is 1. The number of nitrogens with one attached hydrogen (secondary N) is 1. The van der Waals surface area contributed by atoms with Crippen molar-refractivity contribution in [1.29, 1.82) is 0 Å². The molecule has 16 heavy (non-hydrogen) atoms. The third kappa shape index (κ3) is 1.70. The van der Waals surface area contributed by atoms with E-state index in [0.717, 1.165) is 24.5 Å². The van der Waals surface area contributed by atoms with Gasteiger partial charge in [-0.05, 0) is 32.1 Å². The van der Waals surface area contributed by atoms with Gasteiger partial charge in [-0.2, -0.15) is 5.10 Å². The fourth-order valence-corrected chi connectivity index (χ4v) is 2.45. The first kappa shape index (κ1) is 9.81. The Hall–Kier alpha value is -1.39. The van der Waals surface area contributed by atoms with Crippen molar-refractivity contribution in [1.82, 2.24) is 15.2 Å². The second-order valence-electron chi connectivity index (χ2n) is 4.90. The number of rotatable bonds is 3. The topological polar surface area (TPSA) is 78.9 Å². The van der Waals surface area contributed by atoms with Gasteiger partial charge in [0.2, 0.25) is 0 Å². The van der Waals surface area contributed by atoms with Crippen LogP contribution in [0, 0.1) is 5.92 Å². The minimum atomic E-state index is -0.680. The summed E-state index contributed by atoms with van der Waals surface area (Å²) in [6, 6.07) is 0. The minimum absolute atomic E-state index is 0.201. The highest BCUT2D eigenvalue weighted by atomic mass is 16.4. The van der Waals surface area contributed by atoms with Crippen molar-refractivity contribution < 1.29 is 9.90 Å². The monoisotopic (exact) mass is 221 g/mol. The first-order chi connectivity index (χ1) is 7.74. The van der Waals surface area contributed by atoms with Crippen LogP contribution in [0.4, 0.5) is 0 Å². The van der Waals surface area contributed by atoms with E-state index < -0.39 is 5.97 Å². The van der Waals surface area contributed by atoms with Crippen molar-refractivity contribution in [2.24, 2.45) is 5.92 Å². The normalized spacial score (nSPS) is 29.5. The van der Waals surface area contributed by atoms with Crippen LogP contribution in [-0.4, -0.2) is 26.3 Å². The van der Waals surface area contributed by atoms with Crippen molar-refractivity contribution in [2.45, 2.75) is 43.9 Å². The molecule has 3 rings (SSSR count). The van der Waals surface area contributed by atoms with Crippen molar-refractivity contribution in [3.05, 3.63) is 11.6 Å². The molecule has 0 saturated heterocycles. The molecule has 1 aromatic rings. The van der Waals surface area contributed by atoms with Gasteiger partial charge in [0.25, 0.3) is 0 Å². The molecule has 86 valence electrons. The third-order valence-corrected chi connectivity index (χ3v) is 3.63. The Balaban J connectivity index is 1.70. The van der Waals surface area contributed by atoms with Crippen molar-refractivity contribution in [2.75, 3.05) is 0 Å². The second-order valence-corrected chi connectivity index (χ2v) is 4.90. The van der Waals surface area contributed by atoms with Crippen LogP contribution >= 0.6 is 0 Å². The number of carbonyl (C=O) groups is 1. The number of carboxylic acid groups (broad SMARTS) is 1. The molecule has 2 aliphatic carbocycles. The van der Waals surface area contributed by atoms with E-state index in [1.54, 1.807) is 0 Å². The molecule has 0 aliphatic heterocycles. The number of hydrogen-bond donors (Lipinski definition) is 2. The molecule has 2 aliphatic rings. The van der Waals surface area contributed by atoms with Gasteiger partial charge in [-0.1, -0.05) is 0 Å². The number of H-pyrrole nitrogens is 1. The first-order valence-corrected chi connectivity index (χ1v) is 5.89. The lowest BCUT2D eigenvalue weighted by molar-refractivity contribution is -0.141. The summed E-state index contributed by atoms with van der Waals surface area (Å²) in [5, 5.41) is 16.1. The van der Waals surface area contributed by atoms with E-state index in [4.69, 9.17) is 5.11 Å². The van der Waals surface area contributed by atoms with Crippen LogP contribution in [0.2, 0.25) is 0 Å². The van der Waals surface area contributed by atoms with Gasteiger partial charge < -0.3 is 5.11 Å². The van der Waals surface area contributed by atoms with E-state index in [1.165, 1.54) is 12.8 Å². The molecule has 2 N–H and O–H groups in total. The van der Waals surface area contributed by atoms with E-state index in [1.807, 2.05) is 0 Å². The molecule has 0 radical (unpaired) electrons. The zero-order valence-electron chi connectivity index (χ0n) is 9.02. The molecule has 2 unspecified atom stereocenters. The molecular formula is C11H15N3O2. The summed E-state index contributed by atoms with van der Waals surface area (Å²) in [6.07, 6.45) is 4.76. The molecule has 2 saturated carbocycles. The molecule has 0 bridgehead atoms. The Morgan fingerprint density at radius 3 is 2.62 bits per heavy atom. The highest BCUT2D eigenvalue weighted by Gasteiger charge is 2.34. The number of hydrogen-bond acceptors (Lipinski definition) is 3. The van der Waals surface area contributed by atoms with Gasteiger partial charge in [0.05, 0.1) is 5.92 Å². The maximum absolute atomic E-state index is 10.9. The summed E-state index contributed by atoms with van der Waals surface area (Å²) in [6.45, 7) is 0. The Bertz CT molecular complexity index is 411. The Kier molecular flexibility index (Phi) is 2.19. The molecule has 5 heteroatoms. The summed E-state index contributed by atoms with van der Waals surface area (Å²) in [7, 11) is 0. The van der Waals surface area contributed by atoms with E-state index in [2.05, 4.69) is 15.2 Å². The van der Waals surface area contributed by atoms with Gasteiger partial charge in [-0.3, -0.25) is 9.89 Å². The number of aliphatic carboxylic acids is 1. The minimum Gasteiger partial charge on any atom is -0.481 e. The van der Waals surface area contributed by atoms with E-state index >= 15 is 0 Å². The van der Waals surface area contributed by atoms with Crippen LogP contribution in [0.5, 0.6) is 0 Å². The highest BCUT2D eigenvalue weighted by Crippen LogP contribution is 2.40. The fraction of sp³-hybridized carbons (Fsp3) is 0.727. The fourth-order valence-electron chi connectivity index (χ4n) is 2.45. The smallest absolute Gasteiger partial charge is 0.306 e. The van der Waals surface area contributed by atoms with E-state index in [9.17, 15) is 4.79 Å². The zero-order valence-corrected chi connectivity index (χ0v) is 9.02. The Morgan fingerprint density at radius 2 is 2.00 bits per heavy atom. The largest absolute Gasteiger partial charge is 0.481 e. The molecule has 0 aromatic carbocycles. The quantitative estimate of drug-likeness (QED) is 0.813. The maximum Gasteiger partial charge on any atom is 0.306 e. The van der Waals surface area contributed by atoms with Crippen molar-refractivity contribution in [3.8, 4) is 0 Å². The second kappa shape index (κ2) is 3.57. The molecule has 1 aromatic heterocycles. The summed E-state index contributed by atoms with van der Waals surface area (Å²) < 4.78 is 0. The third-order valence-electron chi connectivity index (χ3n) is 3.63. The molecule has 5 nitrogen and oxygen atoms in total. The molecule has 1 heterocycles. The number of nitrogens with zero attached hydrogens (tertiary/aromatic N) is 2. The van der Waals surface area contributed by atoms with E-state index in [0.29, 0.717) is 12.3 Å². The van der Waals surface area contributed by atoms with Crippen LogP contribution in [-0.2, 0) is 4.79 Å².